The molecule has 11 nitrogen and oxygen atoms in total. The maximum atomic E-state index is 13.4. The zero-order valence-corrected chi connectivity index (χ0v) is 21.9. The third-order valence-electron chi connectivity index (χ3n) is 7.21. The van der Waals surface area contributed by atoms with E-state index in [4.69, 9.17) is 4.42 Å². The summed E-state index contributed by atoms with van der Waals surface area (Å²) >= 11 is 0. The van der Waals surface area contributed by atoms with E-state index in [2.05, 4.69) is 30.7 Å². The van der Waals surface area contributed by atoms with Gasteiger partial charge in [0, 0.05) is 43.9 Å². The van der Waals surface area contributed by atoms with Crippen LogP contribution >= 0.6 is 0 Å². The van der Waals surface area contributed by atoms with Crippen LogP contribution in [0.2, 0.25) is 0 Å². The molecule has 40 heavy (non-hydrogen) atoms. The van der Waals surface area contributed by atoms with E-state index >= 15 is 0 Å². The van der Waals surface area contributed by atoms with Gasteiger partial charge in [0.05, 0.1) is 18.0 Å². The number of carbonyl (C=O) groups excluding carboxylic acids is 2. The number of pyridine rings is 1. The molecule has 0 saturated carbocycles. The van der Waals surface area contributed by atoms with E-state index in [1.165, 1.54) is 6.07 Å². The van der Waals surface area contributed by atoms with E-state index in [0.717, 1.165) is 56.7 Å². The van der Waals surface area contributed by atoms with Gasteiger partial charge in [-0.25, -0.2) is 13.8 Å². The number of hydrogen-bond acceptors (Lipinski definition) is 9. The first kappa shape index (κ1) is 27.4. The molecule has 3 aromatic rings. The van der Waals surface area contributed by atoms with Gasteiger partial charge in [0.1, 0.15) is 5.82 Å². The molecule has 3 N–H and O–H groups in total. The highest BCUT2D eigenvalue weighted by Crippen LogP contribution is 2.25. The Balaban J connectivity index is 1.11. The summed E-state index contributed by atoms with van der Waals surface area (Å²) < 4.78 is 31.8. The molecule has 1 aromatic carbocycles. The van der Waals surface area contributed by atoms with Crippen LogP contribution in [-0.2, 0) is 4.79 Å². The zero-order chi connectivity index (χ0) is 28.1. The topological polar surface area (TPSA) is 137 Å². The Morgan fingerprint density at radius 3 is 2.33 bits per heavy atom. The summed E-state index contributed by atoms with van der Waals surface area (Å²) in [7, 11) is 0. The largest absolute Gasteiger partial charge is 0.399 e. The predicted molar refractivity (Wildman–Crippen MR) is 142 cm³/mol. The number of aromatic nitrogens is 3. The smallest absolute Gasteiger partial charge is 0.320 e. The number of hydrogen-bond donors (Lipinski definition) is 3. The number of amides is 2. The Morgan fingerprint density at radius 2 is 1.65 bits per heavy atom. The number of halogens is 2. The van der Waals surface area contributed by atoms with Crippen molar-refractivity contribution in [3.05, 3.63) is 54.1 Å². The van der Waals surface area contributed by atoms with Crippen molar-refractivity contribution in [2.75, 3.05) is 41.7 Å². The van der Waals surface area contributed by atoms with Gasteiger partial charge in [-0.3, -0.25) is 9.59 Å². The van der Waals surface area contributed by atoms with Crippen LogP contribution in [0.15, 0.2) is 40.9 Å². The van der Waals surface area contributed by atoms with Gasteiger partial charge >= 0.3 is 17.8 Å². The summed E-state index contributed by atoms with van der Waals surface area (Å²) in [6.07, 6.45) is 5.93. The fourth-order valence-electron chi connectivity index (χ4n) is 5.03. The first-order chi connectivity index (χ1) is 19.4. The average molecular weight is 556 g/mol. The Kier molecular flexibility index (Phi) is 8.48. The van der Waals surface area contributed by atoms with Crippen molar-refractivity contribution in [3.63, 3.8) is 0 Å². The summed E-state index contributed by atoms with van der Waals surface area (Å²) in [4.78, 5) is 34.1. The Labute approximate surface area is 229 Å². The quantitative estimate of drug-likeness (QED) is 0.416. The molecule has 2 aromatic heterocycles. The number of piperidine rings is 1. The van der Waals surface area contributed by atoms with E-state index < -0.39 is 17.5 Å². The van der Waals surface area contributed by atoms with Crippen LogP contribution in [0, 0.1) is 17.6 Å². The number of likely N-dealkylation sites (tertiary alicyclic amines) is 1. The van der Waals surface area contributed by atoms with E-state index in [0.29, 0.717) is 31.6 Å². The molecular weight excluding hydrogens is 524 g/mol. The lowest BCUT2D eigenvalue weighted by Gasteiger charge is -2.34. The summed E-state index contributed by atoms with van der Waals surface area (Å²) in [5.74, 6) is -1.97. The van der Waals surface area contributed by atoms with Crippen LogP contribution in [-0.4, -0.2) is 69.3 Å². The predicted octanol–water partition coefficient (Wildman–Crippen LogP) is 3.72. The van der Waals surface area contributed by atoms with Gasteiger partial charge in [-0.15, -0.1) is 5.10 Å². The molecule has 4 heterocycles. The highest BCUT2D eigenvalue weighted by atomic mass is 19.2. The van der Waals surface area contributed by atoms with Crippen molar-refractivity contribution in [1.82, 2.24) is 20.1 Å². The summed E-state index contributed by atoms with van der Waals surface area (Å²) in [6.45, 7) is 2.82. The molecule has 13 heteroatoms. The summed E-state index contributed by atoms with van der Waals surface area (Å²) in [5, 5.41) is 22.4. The molecule has 2 aliphatic heterocycles. The molecule has 0 atom stereocenters. The molecule has 2 aliphatic rings. The minimum absolute atomic E-state index is 0.0280. The van der Waals surface area contributed by atoms with Gasteiger partial charge in [0.25, 0.3) is 0 Å². The molecule has 2 saturated heterocycles. The van der Waals surface area contributed by atoms with Crippen LogP contribution in [0.5, 0.6) is 0 Å². The summed E-state index contributed by atoms with van der Waals surface area (Å²) in [6, 6.07) is 6.57. The monoisotopic (exact) mass is 555 g/mol. The molecule has 0 unspecified atom stereocenters. The first-order valence-corrected chi connectivity index (χ1v) is 13.4. The Morgan fingerprint density at radius 1 is 0.925 bits per heavy atom. The lowest BCUT2D eigenvalue weighted by Crippen LogP contribution is -2.43. The molecule has 0 spiro atoms. The molecular formula is C27H31F2N7O4. The molecule has 5 rings (SSSR count). The first-order valence-electron chi connectivity index (χ1n) is 13.4. The normalized spacial score (nSPS) is 17.3. The van der Waals surface area contributed by atoms with Gasteiger partial charge in [-0.2, -0.15) is 0 Å². The second-order valence-electron chi connectivity index (χ2n) is 10.1. The van der Waals surface area contributed by atoms with Crippen LogP contribution in [0.25, 0.3) is 0 Å². The van der Waals surface area contributed by atoms with Crippen molar-refractivity contribution in [2.24, 2.45) is 5.92 Å². The van der Waals surface area contributed by atoms with Crippen LogP contribution in [0.1, 0.15) is 49.2 Å². The molecule has 212 valence electrons. The number of rotatable bonds is 6. The Bertz CT molecular complexity index is 1320. The van der Waals surface area contributed by atoms with Gasteiger partial charge in [-0.1, -0.05) is 5.10 Å². The minimum atomic E-state index is -1.04. The SMILES string of the molecule is O=C(Nc1ccc(N2CCCC(C(=O)N3CCC(O)CC3)CCC2)nc1)c1nnc(Nc2ccc(F)c(F)c2)o1. The highest BCUT2D eigenvalue weighted by Gasteiger charge is 2.28. The van der Waals surface area contributed by atoms with Crippen molar-refractivity contribution >= 4 is 35.0 Å². The van der Waals surface area contributed by atoms with Crippen molar-refractivity contribution in [2.45, 2.75) is 44.6 Å². The number of anilines is 4. The molecule has 0 aliphatic carbocycles. The van der Waals surface area contributed by atoms with Crippen LogP contribution < -0.4 is 15.5 Å². The average Bonchev–Trinajstić information content (AvgIpc) is 3.40. The lowest BCUT2D eigenvalue weighted by molar-refractivity contribution is -0.138. The van der Waals surface area contributed by atoms with E-state index in [-0.39, 0.29) is 35.5 Å². The van der Waals surface area contributed by atoms with Gasteiger partial charge in [0.15, 0.2) is 11.6 Å². The second-order valence-corrected chi connectivity index (χ2v) is 10.1. The molecule has 2 fully saturated rings. The van der Waals surface area contributed by atoms with Crippen molar-refractivity contribution in [3.8, 4) is 0 Å². The number of nitrogens with one attached hydrogen (secondary N) is 2. The maximum Gasteiger partial charge on any atom is 0.320 e. The number of carbonyl (C=O) groups is 2. The van der Waals surface area contributed by atoms with Crippen molar-refractivity contribution < 1.29 is 27.9 Å². The summed E-state index contributed by atoms with van der Waals surface area (Å²) in [5.41, 5.74) is 0.620. The van der Waals surface area contributed by atoms with Crippen molar-refractivity contribution in [1.29, 1.82) is 0 Å². The highest BCUT2D eigenvalue weighted by molar-refractivity contribution is 6.00. The third-order valence-corrected chi connectivity index (χ3v) is 7.21. The minimum Gasteiger partial charge on any atom is -0.399 e. The number of aliphatic hydroxyl groups excluding tert-OH is 1. The fraction of sp³-hybridized carbons (Fsp3) is 0.444. The fourth-order valence-corrected chi connectivity index (χ4v) is 5.03. The van der Waals surface area contributed by atoms with E-state index in [9.17, 15) is 23.5 Å². The van der Waals surface area contributed by atoms with E-state index in [1.54, 1.807) is 12.3 Å². The third kappa shape index (κ3) is 6.71. The number of nitrogens with zero attached hydrogens (tertiary/aromatic N) is 5. The number of aliphatic hydroxyl groups is 1. The van der Waals surface area contributed by atoms with E-state index in [1.807, 2.05) is 11.0 Å². The lowest BCUT2D eigenvalue weighted by atomic mass is 9.93. The van der Waals surface area contributed by atoms with Gasteiger partial charge < -0.3 is 30.0 Å². The van der Waals surface area contributed by atoms with Crippen LogP contribution in [0.4, 0.5) is 32.0 Å². The number of benzene rings is 1. The second kappa shape index (κ2) is 12.4. The maximum absolute atomic E-state index is 13.4. The standard InChI is InChI=1S/C27H31F2N7O4/c28-21-7-5-18(15-22(21)29)32-27-34-33-25(40-27)24(38)31-19-6-8-23(30-16-19)35-11-1-3-17(4-2-12-35)26(39)36-13-9-20(37)10-14-36/h5-8,15-17,20,37H,1-4,9-14H2,(H,31,38)(H,32,34). The molecule has 0 radical (unpaired) electrons. The van der Waals surface area contributed by atoms with Crippen LogP contribution in [0.3, 0.4) is 0 Å². The zero-order valence-electron chi connectivity index (χ0n) is 21.9. The van der Waals surface area contributed by atoms with Gasteiger partial charge in [-0.05, 0) is 62.8 Å². The Hall–Kier alpha value is -4.13. The molecule has 0 bridgehead atoms. The van der Waals surface area contributed by atoms with Gasteiger partial charge in [0.2, 0.25) is 5.91 Å². The molecule has 2 amide bonds.